The van der Waals surface area contributed by atoms with Crippen molar-refractivity contribution >= 4 is 5.97 Å². The van der Waals surface area contributed by atoms with Crippen LogP contribution in [0.3, 0.4) is 0 Å². The molecule has 0 fully saturated rings. The van der Waals surface area contributed by atoms with Crippen molar-refractivity contribution in [2.45, 2.75) is 32.7 Å². The predicted molar refractivity (Wildman–Crippen MR) is 84.2 cm³/mol. The van der Waals surface area contributed by atoms with Crippen molar-refractivity contribution in [1.29, 1.82) is 0 Å². The Hall–Kier alpha value is -1.46. The Balaban J connectivity index is 2.32. The molecule has 0 aliphatic rings. The van der Waals surface area contributed by atoms with E-state index in [2.05, 4.69) is 22.2 Å². The van der Waals surface area contributed by atoms with Gasteiger partial charge >= 0.3 is 5.97 Å². The molecule has 1 atom stereocenters. The number of carbonyl (C=O) groups is 1. The summed E-state index contributed by atoms with van der Waals surface area (Å²) in [7, 11) is 2.08. The highest BCUT2D eigenvalue weighted by molar-refractivity contribution is 5.75. The molecule has 0 saturated carbocycles. The van der Waals surface area contributed by atoms with E-state index in [1.54, 1.807) is 0 Å². The van der Waals surface area contributed by atoms with Gasteiger partial charge in [-0.05, 0) is 57.6 Å². The number of pyridine rings is 1. The zero-order valence-electron chi connectivity index (χ0n) is 13.3. The van der Waals surface area contributed by atoms with Gasteiger partial charge in [-0.15, -0.1) is 0 Å². The van der Waals surface area contributed by atoms with Crippen LogP contribution in [0.2, 0.25) is 0 Å². The number of hydrogen-bond acceptors (Lipinski definition) is 5. The molecule has 0 spiro atoms. The van der Waals surface area contributed by atoms with Crippen LogP contribution in [0.5, 0.6) is 0 Å². The molecule has 0 aromatic carbocycles. The Morgan fingerprint density at radius 1 is 1.33 bits per heavy atom. The summed E-state index contributed by atoms with van der Waals surface area (Å²) in [5.41, 5.74) is 1.28. The lowest BCUT2D eigenvalue weighted by Crippen LogP contribution is -2.40. The third-order valence-electron chi connectivity index (χ3n) is 3.35. The minimum absolute atomic E-state index is 0.151. The quantitative estimate of drug-likeness (QED) is 0.662. The average Bonchev–Trinajstić information content (AvgIpc) is 2.50. The first-order valence-electron chi connectivity index (χ1n) is 7.64. The van der Waals surface area contributed by atoms with Crippen LogP contribution >= 0.6 is 0 Å². The fourth-order valence-corrected chi connectivity index (χ4v) is 2.12. The first kappa shape index (κ1) is 17.6. The molecule has 0 aliphatic carbocycles. The van der Waals surface area contributed by atoms with Crippen LogP contribution in [0, 0.1) is 0 Å². The molecule has 0 aliphatic heterocycles. The molecule has 1 unspecified atom stereocenters. The molecule has 21 heavy (non-hydrogen) atoms. The number of carbonyl (C=O) groups excluding carboxylic acids is 1. The second-order valence-electron chi connectivity index (χ2n) is 5.06. The van der Waals surface area contributed by atoms with Crippen molar-refractivity contribution in [2.24, 2.45) is 0 Å². The Morgan fingerprint density at radius 2 is 2.05 bits per heavy atom. The van der Waals surface area contributed by atoms with E-state index in [0.29, 0.717) is 6.61 Å². The van der Waals surface area contributed by atoms with Crippen molar-refractivity contribution in [2.75, 3.05) is 33.3 Å². The predicted octanol–water partition coefficient (Wildman–Crippen LogP) is 1.49. The third kappa shape index (κ3) is 7.20. The smallest absolute Gasteiger partial charge is 0.323 e. The molecule has 0 amide bonds. The van der Waals surface area contributed by atoms with Gasteiger partial charge in [-0.3, -0.25) is 9.78 Å². The topological polar surface area (TPSA) is 54.5 Å². The van der Waals surface area contributed by atoms with Crippen molar-refractivity contribution < 1.29 is 9.53 Å². The SMILES string of the molecule is CCNC(CCN(C)CCc1ccncc1)C(=O)OCC. The maximum Gasteiger partial charge on any atom is 0.323 e. The van der Waals surface area contributed by atoms with Gasteiger partial charge in [-0.25, -0.2) is 0 Å². The zero-order valence-corrected chi connectivity index (χ0v) is 13.3. The summed E-state index contributed by atoms with van der Waals surface area (Å²) in [6.45, 7) is 6.86. The summed E-state index contributed by atoms with van der Waals surface area (Å²) < 4.78 is 5.09. The van der Waals surface area contributed by atoms with E-state index in [0.717, 1.165) is 32.5 Å². The van der Waals surface area contributed by atoms with E-state index in [1.807, 2.05) is 38.4 Å². The van der Waals surface area contributed by atoms with E-state index >= 15 is 0 Å². The number of aromatic nitrogens is 1. The van der Waals surface area contributed by atoms with Gasteiger partial charge in [0.05, 0.1) is 6.61 Å². The molecule has 0 saturated heterocycles. The number of esters is 1. The van der Waals surface area contributed by atoms with Gasteiger partial charge in [0.2, 0.25) is 0 Å². The van der Waals surface area contributed by atoms with Crippen LogP contribution in [-0.2, 0) is 16.0 Å². The largest absolute Gasteiger partial charge is 0.465 e. The van der Waals surface area contributed by atoms with Crippen LogP contribution in [0.15, 0.2) is 24.5 Å². The first-order chi connectivity index (χ1) is 10.2. The van der Waals surface area contributed by atoms with Crippen LogP contribution in [-0.4, -0.2) is 55.2 Å². The number of rotatable bonds is 10. The molecule has 1 N–H and O–H groups in total. The Morgan fingerprint density at radius 3 is 2.67 bits per heavy atom. The average molecular weight is 293 g/mol. The minimum Gasteiger partial charge on any atom is -0.465 e. The van der Waals surface area contributed by atoms with E-state index in [9.17, 15) is 4.79 Å². The Labute approximate surface area is 127 Å². The number of hydrogen-bond donors (Lipinski definition) is 1. The van der Waals surface area contributed by atoms with Gasteiger partial charge in [-0.1, -0.05) is 6.92 Å². The maximum atomic E-state index is 11.8. The third-order valence-corrected chi connectivity index (χ3v) is 3.35. The number of ether oxygens (including phenoxy) is 1. The van der Waals surface area contributed by atoms with Crippen molar-refractivity contribution in [1.82, 2.24) is 15.2 Å². The van der Waals surface area contributed by atoms with E-state index in [4.69, 9.17) is 4.74 Å². The van der Waals surface area contributed by atoms with Crippen LogP contribution < -0.4 is 5.32 Å². The van der Waals surface area contributed by atoms with Gasteiger partial charge in [0.1, 0.15) is 6.04 Å². The van der Waals surface area contributed by atoms with Gasteiger partial charge in [0.15, 0.2) is 0 Å². The molecular formula is C16H27N3O2. The van der Waals surface area contributed by atoms with Crippen molar-refractivity contribution in [3.63, 3.8) is 0 Å². The zero-order chi connectivity index (χ0) is 15.5. The summed E-state index contributed by atoms with van der Waals surface area (Å²) in [5, 5.41) is 3.19. The normalized spacial score (nSPS) is 12.4. The summed E-state index contributed by atoms with van der Waals surface area (Å²) >= 11 is 0. The molecule has 1 heterocycles. The molecule has 118 valence electrons. The molecule has 5 nitrogen and oxygen atoms in total. The van der Waals surface area contributed by atoms with Gasteiger partial charge in [-0.2, -0.15) is 0 Å². The standard InChI is InChI=1S/C16H27N3O2/c1-4-18-15(16(20)21-5-2)9-13-19(3)12-8-14-6-10-17-11-7-14/h6-7,10-11,15,18H,4-5,8-9,12-13H2,1-3H3. The second-order valence-corrected chi connectivity index (χ2v) is 5.06. The fraction of sp³-hybridized carbons (Fsp3) is 0.625. The summed E-state index contributed by atoms with van der Waals surface area (Å²) in [6.07, 6.45) is 5.39. The summed E-state index contributed by atoms with van der Waals surface area (Å²) in [6, 6.07) is 3.86. The Kier molecular flexibility index (Phi) is 8.62. The maximum absolute atomic E-state index is 11.8. The van der Waals surface area contributed by atoms with E-state index in [-0.39, 0.29) is 12.0 Å². The first-order valence-corrected chi connectivity index (χ1v) is 7.64. The summed E-state index contributed by atoms with van der Waals surface area (Å²) in [4.78, 5) is 18.1. The molecule has 1 aromatic heterocycles. The fourth-order valence-electron chi connectivity index (χ4n) is 2.12. The van der Waals surface area contributed by atoms with E-state index in [1.165, 1.54) is 5.56 Å². The van der Waals surface area contributed by atoms with Crippen LogP contribution in [0.25, 0.3) is 0 Å². The minimum atomic E-state index is -0.210. The molecular weight excluding hydrogens is 266 g/mol. The summed E-state index contributed by atoms with van der Waals surface area (Å²) in [5.74, 6) is -0.151. The molecule has 5 heteroatoms. The number of nitrogens with one attached hydrogen (secondary N) is 1. The monoisotopic (exact) mass is 293 g/mol. The lowest BCUT2D eigenvalue weighted by Gasteiger charge is -2.21. The molecule has 1 aromatic rings. The van der Waals surface area contributed by atoms with Crippen molar-refractivity contribution in [3.8, 4) is 0 Å². The number of likely N-dealkylation sites (N-methyl/N-ethyl adjacent to an activating group) is 2. The van der Waals surface area contributed by atoms with Crippen LogP contribution in [0.1, 0.15) is 25.8 Å². The molecule has 1 rings (SSSR count). The van der Waals surface area contributed by atoms with Gasteiger partial charge in [0.25, 0.3) is 0 Å². The second kappa shape index (κ2) is 10.3. The highest BCUT2D eigenvalue weighted by Crippen LogP contribution is 2.02. The van der Waals surface area contributed by atoms with E-state index < -0.39 is 0 Å². The van der Waals surface area contributed by atoms with Gasteiger partial charge in [0, 0.05) is 18.9 Å². The highest BCUT2D eigenvalue weighted by atomic mass is 16.5. The highest BCUT2D eigenvalue weighted by Gasteiger charge is 2.18. The van der Waals surface area contributed by atoms with Crippen molar-refractivity contribution in [3.05, 3.63) is 30.1 Å². The van der Waals surface area contributed by atoms with Crippen LogP contribution in [0.4, 0.5) is 0 Å². The molecule has 0 radical (unpaired) electrons. The number of nitrogens with zero attached hydrogens (tertiary/aromatic N) is 2. The Bertz CT molecular complexity index is 398. The molecule has 0 bridgehead atoms. The lowest BCUT2D eigenvalue weighted by atomic mass is 10.1. The van der Waals surface area contributed by atoms with Gasteiger partial charge < -0.3 is 15.0 Å². The lowest BCUT2D eigenvalue weighted by molar-refractivity contribution is -0.145.